The van der Waals surface area contributed by atoms with E-state index in [1.54, 1.807) is 6.92 Å². The highest BCUT2D eigenvalue weighted by Crippen LogP contribution is 2.27. The molecule has 0 aliphatic rings. The average Bonchev–Trinajstić information content (AvgIpc) is 2.86. The lowest BCUT2D eigenvalue weighted by atomic mass is 10.2. The molecule has 0 amide bonds. The summed E-state index contributed by atoms with van der Waals surface area (Å²) in [4.78, 5) is -0.236. The zero-order chi connectivity index (χ0) is 14.9. The summed E-state index contributed by atoms with van der Waals surface area (Å²) in [6.07, 6.45) is 0. The molecule has 0 bridgehead atoms. The van der Waals surface area contributed by atoms with Gasteiger partial charge in [0.2, 0.25) is 10.0 Å². The molecule has 1 aromatic carbocycles. The number of sulfonamides is 1. The highest BCUT2D eigenvalue weighted by molar-refractivity contribution is 7.89. The molecule has 0 fully saturated rings. The van der Waals surface area contributed by atoms with E-state index in [1.807, 2.05) is 16.8 Å². The van der Waals surface area contributed by atoms with Crippen LogP contribution >= 0.6 is 22.9 Å². The van der Waals surface area contributed by atoms with Gasteiger partial charge in [-0.25, -0.2) is 17.5 Å². The van der Waals surface area contributed by atoms with E-state index in [4.69, 9.17) is 17.3 Å². The molecule has 0 aliphatic heterocycles. The van der Waals surface area contributed by atoms with Crippen LogP contribution in [0.1, 0.15) is 18.5 Å². The van der Waals surface area contributed by atoms with Gasteiger partial charge in [-0.2, -0.15) is 11.3 Å². The summed E-state index contributed by atoms with van der Waals surface area (Å²) in [5.41, 5.74) is 5.96. The molecule has 4 nitrogen and oxygen atoms in total. The maximum atomic E-state index is 13.2. The van der Waals surface area contributed by atoms with Gasteiger partial charge in [0.1, 0.15) is 10.7 Å². The van der Waals surface area contributed by atoms with E-state index < -0.39 is 21.9 Å². The van der Waals surface area contributed by atoms with Crippen molar-refractivity contribution >= 4 is 38.6 Å². The minimum Gasteiger partial charge on any atom is -0.396 e. The normalized spacial score (nSPS) is 13.3. The third kappa shape index (κ3) is 3.12. The summed E-state index contributed by atoms with van der Waals surface area (Å²) in [6, 6.07) is 3.30. The molecular weight excluding hydrogens is 323 g/mol. The SMILES string of the molecule is CC(NS(=O)(=O)c1cc(N)c(F)cc1Cl)c1ccsc1. The molecule has 0 aliphatic carbocycles. The molecule has 3 N–H and O–H groups in total. The second-order valence-corrected chi connectivity index (χ2v) is 7.07. The molecule has 0 spiro atoms. The van der Waals surface area contributed by atoms with Gasteiger partial charge in [0.15, 0.2) is 0 Å². The van der Waals surface area contributed by atoms with Gasteiger partial charge in [-0.15, -0.1) is 0 Å². The minimum absolute atomic E-state index is 0.207. The Balaban J connectivity index is 2.34. The number of benzene rings is 1. The topological polar surface area (TPSA) is 72.2 Å². The van der Waals surface area contributed by atoms with Crippen molar-refractivity contribution in [2.75, 3.05) is 5.73 Å². The maximum Gasteiger partial charge on any atom is 0.242 e. The Kier molecular flexibility index (Phi) is 4.33. The molecule has 1 atom stereocenters. The molecule has 1 unspecified atom stereocenters. The molecule has 1 heterocycles. The molecule has 108 valence electrons. The lowest BCUT2D eigenvalue weighted by molar-refractivity contribution is 0.567. The summed E-state index contributed by atoms with van der Waals surface area (Å²) in [5, 5.41) is 3.48. The van der Waals surface area contributed by atoms with Crippen LogP contribution in [0.5, 0.6) is 0 Å². The van der Waals surface area contributed by atoms with Crippen LogP contribution in [0.3, 0.4) is 0 Å². The number of rotatable bonds is 4. The fourth-order valence-corrected chi connectivity index (χ4v) is 4.17. The van der Waals surface area contributed by atoms with Crippen LogP contribution in [0.2, 0.25) is 5.02 Å². The lowest BCUT2D eigenvalue weighted by Crippen LogP contribution is -2.27. The van der Waals surface area contributed by atoms with Crippen molar-refractivity contribution < 1.29 is 12.8 Å². The van der Waals surface area contributed by atoms with Crippen molar-refractivity contribution in [3.63, 3.8) is 0 Å². The van der Waals surface area contributed by atoms with Crippen molar-refractivity contribution in [2.24, 2.45) is 0 Å². The van der Waals surface area contributed by atoms with Crippen LogP contribution in [0.25, 0.3) is 0 Å². The summed E-state index contributed by atoms with van der Waals surface area (Å²) in [7, 11) is -3.88. The molecular formula is C12H12ClFN2O2S2. The molecule has 0 radical (unpaired) electrons. The number of hydrogen-bond donors (Lipinski definition) is 2. The number of anilines is 1. The highest BCUT2D eigenvalue weighted by Gasteiger charge is 2.22. The fraction of sp³-hybridized carbons (Fsp3) is 0.167. The van der Waals surface area contributed by atoms with Crippen molar-refractivity contribution in [1.82, 2.24) is 4.72 Å². The first-order chi connectivity index (χ1) is 9.31. The number of halogens is 2. The van der Waals surface area contributed by atoms with Crippen molar-refractivity contribution in [3.8, 4) is 0 Å². The van der Waals surface area contributed by atoms with Gasteiger partial charge in [-0.3, -0.25) is 0 Å². The number of thiophene rings is 1. The van der Waals surface area contributed by atoms with Crippen LogP contribution in [0, 0.1) is 5.82 Å². The summed E-state index contributed by atoms with van der Waals surface area (Å²) in [5.74, 6) is -0.750. The van der Waals surface area contributed by atoms with Crippen molar-refractivity contribution in [3.05, 3.63) is 45.4 Å². The maximum absolute atomic E-state index is 13.2. The summed E-state index contributed by atoms with van der Waals surface area (Å²) >= 11 is 7.25. The predicted octanol–water partition coefficient (Wildman–Crippen LogP) is 3.16. The fourth-order valence-electron chi connectivity index (χ4n) is 1.64. The number of nitrogens with one attached hydrogen (secondary N) is 1. The summed E-state index contributed by atoms with van der Waals surface area (Å²) < 4.78 is 40.2. The molecule has 2 rings (SSSR count). The lowest BCUT2D eigenvalue weighted by Gasteiger charge is -2.14. The van der Waals surface area contributed by atoms with E-state index >= 15 is 0 Å². The Labute approximate surface area is 125 Å². The zero-order valence-corrected chi connectivity index (χ0v) is 12.8. The zero-order valence-electron chi connectivity index (χ0n) is 10.4. The smallest absolute Gasteiger partial charge is 0.242 e. The van der Waals surface area contributed by atoms with Gasteiger partial charge in [0.25, 0.3) is 0 Å². The third-order valence-electron chi connectivity index (χ3n) is 2.72. The second-order valence-electron chi connectivity index (χ2n) is 4.20. The van der Waals surface area contributed by atoms with Crippen LogP contribution < -0.4 is 10.5 Å². The second kappa shape index (κ2) is 5.69. The number of hydrogen-bond acceptors (Lipinski definition) is 4. The van der Waals surface area contributed by atoms with Crippen LogP contribution in [-0.2, 0) is 10.0 Å². The van der Waals surface area contributed by atoms with Crippen LogP contribution in [0.4, 0.5) is 10.1 Å². The largest absolute Gasteiger partial charge is 0.396 e. The van der Waals surface area contributed by atoms with E-state index in [0.29, 0.717) is 0 Å². The predicted molar refractivity (Wildman–Crippen MR) is 78.9 cm³/mol. The van der Waals surface area contributed by atoms with Crippen LogP contribution in [-0.4, -0.2) is 8.42 Å². The Morgan fingerprint density at radius 3 is 2.75 bits per heavy atom. The Bertz CT molecular complexity index is 717. The molecule has 1 aromatic heterocycles. The van der Waals surface area contributed by atoms with E-state index in [1.165, 1.54) is 11.3 Å². The Hall–Kier alpha value is -1.15. The van der Waals surface area contributed by atoms with E-state index in [2.05, 4.69) is 4.72 Å². The van der Waals surface area contributed by atoms with Gasteiger partial charge >= 0.3 is 0 Å². The van der Waals surface area contributed by atoms with Gasteiger partial charge in [-0.05, 0) is 41.4 Å². The quantitative estimate of drug-likeness (QED) is 0.843. The third-order valence-corrected chi connectivity index (χ3v) is 5.42. The van der Waals surface area contributed by atoms with Gasteiger partial charge in [0.05, 0.1) is 10.7 Å². The first-order valence-electron chi connectivity index (χ1n) is 5.60. The Morgan fingerprint density at radius 2 is 2.15 bits per heavy atom. The molecule has 20 heavy (non-hydrogen) atoms. The molecule has 0 saturated carbocycles. The van der Waals surface area contributed by atoms with E-state index in [-0.39, 0.29) is 15.6 Å². The van der Waals surface area contributed by atoms with Gasteiger partial charge < -0.3 is 5.73 Å². The number of nitrogens with two attached hydrogens (primary N) is 1. The Morgan fingerprint density at radius 1 is 1.45 bits per heavy atom. The highest BCUT2D eigenvalue weighted by atomic mass is 35.5. The monoisotopic (exact) mass is 334 g/mol. The molecule has 0 saturated heterocycles. The summed E-state index contributed by atoms with van der Waals surface area (Å²) in [6.45, 7) is 1.71. The van der Waals surface area contributed by atoms with Crippen LogP contribution in [0.15, 0.2) is 33.9 Å². The van der Waals surface area contributed by atoms with Crippen molar-refractivity contribution in [2.45, 2.75) is 17.9 Å². The molecule has 2 aromatic rings. The first-order valence-corrected chi connectivity index (χ1v) is 8.40. The van der Waals surface area contributed by atoms with Crippen molar-refractivity contribution in [1.29, 1.82) is 0 Å². The average molecular weight is 335 g/mol. The first kappa shape index (κ1) is 15.2. The van der Waals surface area contributed by atoms with E-state index in [0.717, 1.165) is 17.7 Å². The standard InChI is InChI=1S/C12H12ClFN2O2S2/c1-7(8-2-3-19-6-8)16-20(17,18)12-5-11(15)10(14)4-9(12)13/h2-7,16H,15H2,1H3. The van der Waals surface area contributed by atoms with Gasteiger partial charge in [0, 0.05) is 6.04 Å². The minimum atomic E-state index is -3.88. The number of nitrogen functional groups attached to an aromatic ring is 1. The molecule has 8 heteroatoms. The van der Waals surface area contributed by atoms with Gasteiger partial charge in [-0.1, -0.05) is 11.6 Å². The van der Waals surface area contributed by atoms with E-state index in [9.17, 15) is 12.8 Å².